The lowest BCUT2D eigenvalue weighted by Gasteiger charge is -2.05. The minimum Gasteiger partial charge on any atom is -0.481 e. The van der Waals surface area contributed by atoms with Crippen LogP contribution in [0.25, 0.3) is 0 Å². The Morgan fingerprint density at radius 3 is 2.46 bits per heavy atom. The van der Waals surface area contributed by atoms with Gasteiger partial charge in [-0.2, -0.15) is 0 Å². The molecule has 2 aromatic carbocycles. The molecule has 0 aliphatic rings. The third kappa shape index (κ3) is 5.60. The number of halogens is 2. The molecule has 5 nitrogen and oxygen atoms in total. The average molecular weight is 358 g/mol. The second-order valence-electron chi connectivity index (χ2n) is 5.13. The number of ether oxygens (including phenoxy) is 1. The number of carbonyl (C=O) groups is 2. The van der Waals surface area contributed by atoms with Crippen LogP contribution in [0.5, 0.6) is 5.75 Å². The van der Waals surface area contributed by atoms with E-state index in [1.165, 1.54) is 13.0 Å². The number of hydrogen-bond donors (Lipinski definition) is 2. The van der Waals surface area contributed by atoms with Crippen molar-refractivity contribution in [3.63, 3.8) is 0 Å². The molecule has 0 aliphatic heterocycles. The van der Waals surface area contributed by atoms with Crippen LogP contribution in [0.3, 0.4) is 0 Å². The lowest BCUT2D eigenvalue weighted by molar-refractivity contribution is -0.114. The van der Waals surface area contributed by atoms with Crippen molar-refractivity contribution in [1.29, 1.82) is 0 Å². The van der Waals surface area contributed by atoms with E-state index in [1.807, 2.05) is 0 Å². The SMILES string of the molecule is CC(=O)Nc1cccc(OCC#CCNC(=O)c2c(F)cccc2F)c1. The fourth-order valence-corrected chi connectivity index (χ4v) is 2.03. The Morgan fingerprint density at radius 2 is 1.77 bits per heavy atom. The molecule has 0 saturated carbocycles. The van der Waals surface area contributed by atoms with E-state index >= 15 is 0 Å². The number of carbonyl (C=O) groups excluding carboxylic acids is 2. The summed E-state index contributed by atoms with van der Waals surface area (Å²) in [6.45, 7) is 1.37. The fourth-order valence-electron chi connectivity index (χ4n) is 2.03. The van der Waals surface area contributed by atoms with Crippen molar-refractivity contribution in [2.75, 3.05) is 18.5 Å². The molecular formula is C19H16F2N2O3. The Hall–Kier alpha value is -3.40. The van der Waals surface area contributed by atoms with Gasteiger partial charge in [0.15, 0.2) is 0 Å². The topological polar surface area (TPSA) is 67.4 Å². The van der Waals surface area contributed by atoms with Crippen LogP contribution in [-0.2, 0) is 4.79 Å². The van der Waals surface area contributed by atoms with Gasteiger partial charge in [0.25, 0.3) is 5.91 Å². The van der Waals surface area contributed by atoms with Crippen molar-refractivity contribution in [2.24, 2.45) is 0 Å². The summed E-state index contributed by atoms with van der Waals surface area (Å²) in [5.74, 6) is 2.87. The van der Waals surface area contributed by atoms with Gasteiger partial charge in [0.1, 0.15) is 29.6 Å². The molecular weight excluding hydrogens is 342 g/mol. The number of benzene rings is 2. The number of nitrogens with one attached hydrogen (secondary N) is 2. The largest absolute Gasteiger partial charge is 0.481 e. The van der Waals surface area contributed by atoms with Gasteiger partial charge in [0.2, 0.25) is 5.91 Å². The van der Waals surface area contributed by atoms with E-state index in [9.17, 15) is 18.4 Å². The highest BCUT2D eigenvalue weighted by molar-refractivity contribution is 5.94. The zero-order chi connectivity index (χ0) is 18.9. The van der Waals surface area contributed by atoms with E-state index in [1.54, 1.807) is 24.3 Å². The molecule has 0 aromatic heterocycles. The predicted octanol–water partition coefficient (Wildman–Crippen LogP) is 2.74. The molecule has 0 bridgehead atoms. The summed E-state index contributed by atoms with van der Waals surface area (Å²) in [5.41, 5.74) is -0.0394. The Labute approximate surface area is 149 Å². The van der Waals surface area contributed by atoms with Gasteiger partial charge in [-0.05, 0) is 24.3 Å². The van der Waals surface area contributed by atoms with Crippen molar-refractivity contribution in [2.45, 2.75) is 6.92 Å². The summed E-state index contributed by atoms with van der Waals surface area (Å²) in [7, 11) is 0. The van der Waals surface area contributed by atoms with Gasteiger partial charge in [0, 0.05) is 18.7 Å². The summed E-state index contributed by atoms with van der Waals surface area (Å²) in [6, 6.07) is 9.98. The zero-order valence-electron chi connectivity index (χ0n) is 13.9. The standard InChI is InChI=1S/C19H16F2N2O3/c1-13(24)23-14-6-4-7-15(12-14)26-11-3-2-10-22-19(25)18-16(20)8-5-9-17(18)21/h4-9,12H,10-11H2,1H3,(H,22,25)(H,23,24). The first kappa shape index (κ1) is 18.9. The lowest BCUT2D eigenvalue weighted by atomic mass is 10.2. The second kappa shape index (κ2) is 9.18. The molecule has 7 heteroatoms. The van der Waals surface area contributed by atoms with Crippen LogP contribution >= 0.6 is 0 Å². The molecule has 2 N–H and O–H groups in total. The zero-order valence-corrected chi connectivity index (χ0v) is 13.9. The number of anilines is 1. The highest BCUT2D eigenvalue weighted by Crippen LogP contribution is 2.17. The number of hydrogen-bond acceptors (Lipinski definition) is 3. The van der Waals surface area contributed by atoms with E-state index in [0.717, 1.165) is 12.1 Å². The maximum Gasteiger partial charge on any atom is 0.258 e. The summed E-state index contributed by atoms with van der Waals surface area (Å²) < 4.78 is 32.3. The third-order valence-corrected chi connectivity index (χ3v) is 3.12. The fraction of sp³-hybridized carbons (Fsp3) is 0.158. The normalized spacial score (nSPS) is 9.65. The number of rotatable bonds is 5. The lowest BCUT2D eigenvalue weighted by Crippen LogP contribution is -2.25. The highest BCUT2D eigenvalue weighted by atomic mass is 19.1. The second-order valence-corrected chi connectivity index (χ2v) is 5.13. The molecule has 26 heavy (non-hydrogen) atoms. The van der Waals surface area contributed by atoms with Crippen molar-refractivity contribution in [3.05, 3.63) is 59.7 Å². The van der Waals surface area contributed by atoms with Gasteiger partial charge >= 0.3 is 0 Å². The van der Waals surface area contributed by atoms with Crippen LogP contribution in [0.15, 0.2) is 42.5 Å². The van der Waals surface area contributed by atoms with Crippen molar-refractivity contribution >= 4 is 17.5 Å². The van der Waals surface area contributed by atoms with E-state index < -0.39 is 23.1 Å². The Morgan fingerprint density at radius 1 is 1.08 bits per heavy atom. The van der Waals surface area contributed by atoms with Gasteiger partial charge < -0.3 is 15.4 Å². The molecule has 0 saturated heterocycles. The highest BCUT2D eigenvalue weighted by Gasteiger charge is 2.15. The summed E-state index contributed by atoms with van der Waals surface area (Å²) in [4.78, 5) is 22.7. The summed E-state index contributed by atoms with van der Waals surface area (Å²) in [6.07, 6.45) is 0. The molecule has 134 valence electrons. The van der Waals surface area contributed by atoms with Gasteiger partial charge in [-0.15, -0.1) is 0 Å². The Balaban J connectivity index is 1.81. The van der Waals surface area contributed by atoms with Crippen LogP contribution in [0.1, 0.15) is 17.3 Å². The minimum atomic E-state index is -0.933. The van der Waals surface area contributed by atoms with Gasteiger partial charge in [-0.3, -0.25) is 9.59 Å². The molecule has 2 aromatic rings. The quantitative estimate of drug-likeness (QED) is 0.808. The van der Waals surface area contributed by atoms with Gasteiger partial charge in [-0.1, -0.05) is 24.0 Å². The molecule has 2 rings (SSSR count). The monoisotopic (exact) mass is 358 g/mol. The first-order chi connectivity index (χ1) is 12.5. The van der Waals surface area contributed by atoms with Crippen molar-refractivity contribution in [1.82, 2.24) is 5.32 Å². The maximum absolute atomic E-state index is 13.4. The van der Waals surface area contributed by atoms with Crippen molar-refractivity contribution in [3.8, 4) is 17.6 Å². The van der Waals surface area contributed by atoms with E-state index in [4.69, 9.17) is 4.74 Å². The first-order valence-corrected chi connectivity index (χ1v) is 7.66. The van der Waals surface area contributed by atoms with E-state index in [0.29, 0.717) is 11.4 Å². The van der Waals surface area contributed by atoms with Gasteiger partial charge in [0.05, 0.1) is 6.54 Å². The molecule has 0 aliphatic carbocycles. The van der Waals surface area contributed by atoms with Crippen LogP contribution in [0.2, 0.25) is 0 Å². The maximum atomic E-state index is 13.4. The molecule has 2 amide bonds. The Bertz CT molecular complexity index is 852. The van der Waals surface area contributed by atoms with E-state index in [-0.39, 0.29) is 19.1 Å². The molecule has 0 unspecified atom stereocenters. The predicted molar refractivity (Wildman–Crippen MR) is 92.7 cm³/mol. The average Bonchev–Trinajstić information content (AvgIpc) is 2.57. The van der Waals surface area contributed by atoms with Crippen LogP contribution in [0.4, 0.5) is 14.5 Å². The molecule has 0 spiro atoms. The van der Waals surface area contributed by atoms with Crippen LogP contribution in [0, 0.1) is 23.5 Å². The molecule has 0 heterocycles. The summed E-state index contributed by atoms with van der Waals surface area (Å²) in [5, 5.41) is 4.94. The molecule has 0 atom stereocenters. The minimum absolute atomic E-state index is 0.0491. The van der Waals surface area contributed by atoms with Crippen LogP contribution < -0.4 is 15.4 Å². The smallest absolute Gasteiger partial charge is 0.258 e. The first-order valence-electron chi connectivity index (χ1n) is 7.66. The van der Waals surface area contributed by atoms with E-state index in [2.05, 4.69) is 22.5 Å². The third-order valence-electron chi connectivity index (χ3n) is 3.12. The molecule has 0 fully saturated rings. The Kier molecular flexibility index (Phi) is 6.68. The van der Waals surface area contributed by atoms with Crippen molar-refractivity contribution < 1.29 is 23.1 Å². The summed E-state index contributed by atoms with van der Waals surface area (Å²) >= 11 is 0. The van der Waals surface area contributed by atoms with Crippen LogP contribution in [-0.4, -0.2) is 25.0 Å². The number of amides is 2. The van der Waals surface area contributed by atoms with Gasteiger partial charge in [-0.25, -0.2) is 8.78 Å². The molecule has 0 radical (unpaired) electrons.